The summed E-state index contributed by atoms with van der Waals surface area (Å²) >= 11 is 0. The minimum Gasteiger partial charge on any atom is -0.716 e. The van der Waals surface area contributed by atoms with Crippen LogP contribution in [0.25, 0.3) is 6.08 Å². The Labute approximate surface area is 125 Å². The topological polar surface area (TPSA) is 66.4 Å². The third kappa shape index (κ3) is 6.71. The van der Waals surface area contributed by atoms with E-state index >= 15 is 0 Å². The summed E-state index contributed by atoms with van der Waals surface area (Å²) in [6, 6.07) is 8.88. The summed E-state index contributed by atoms with van der Waals surface area (Å²) in [5.41, 5.74) is 0.756. The van der Waals surface area contributed by atoms with Gasteiger partial charge in [-0.15, -0.1) is 0 Å². The van der Waals surface area contributed by atoms with Crippen molar-refractivity contribution in [2.45, 2.75) is 0 Å². The van der Waals surface area contributed by atoms with Crippen LogP contribution in [0.4, 0.5) is 0 Å². The Bertz CT molecular complexity index is 385. The molecule has 6 heteroatoms. The molecule has 0 saturated heterocycles. The molecule has 1 aromatic carbocycles. The van der Waals surface area contributed by atoms with Crippen molar-refractivity contribution in [1.82, 2.24) is 0 Å². The molecule has 0 aromatic heterocycles. The zero-order chi connectivity index (χ0) is 9.73. The molecule has 1 aromatic rings. The van der Waals surface area contributed by atoms with E-state index in [1.54, 1.807) is 24.3 Å². The van der Waals surface area contributed by atoms with E-state index in [2.05, 4.69) is 4.18 Å². The second-order valence-corrected chi connectivity index (χ2v) is 3.23. The number of hydrogen-bond donors (Lipinski definition) is 0. The Kier molecular flexibility index (Phi) is 6.88. The molecule has 0 unspecified atom stereocenters. The molecule has 0 bridgehead atoms. The van der Waals surface area contributed by atoms with E-state index in [1.807, 2.05) is 6.07 Å². The van der Waals surface area contributed by atoms with Crippen molar-refractivity contribution in [2.24, 2.45) is 0 Å². The van der Waals surface area contributed by atoms with Gasteiger partial charge in [-0.05, 0) is 11.6 Å². The Balaban J connectivity index is 0.00000169. The van der Waals surface area contributed by atoms with Crippen molar-refractivity contribution in [2.75, 3.05) is 0 Å². The molecule has 0 heterocycles. The van der Waals surface area contributed by atoms with Crippen LogP contribution in [0, 0.1) is 0 Å². The van der Waals surface area contributed by atoms with Gasteiger partial charge in [0, 0.05) is 0 Å². The molecule has 0 aliphatic heterocycles. The average molecular weight is 238 g/mol. The summed E-state index contributed by atoms with van der Waals surface area (Å²) in [6.45, 7) is 0. The van der Waals surface area contributed by atoms with E-state index < -0.39 is 10.4 Å². The van der Waals surface area contributed by atoms with Crippen LogP contribution < -0.4 is 51.4 Å². The summed E-state index contributed by atoms with van der Waals surface area (Å²) in [6.07, 6.45) is 2.23. The van der Waals surface area contributed by atoms with Crippen molar-refractivity contribution >= 4 is 16.5 Å². The molecule has 0 radical (unpaired) electrons. The fourth-order valence-corrected chi connectivity index (χ4v) is 0.930. The largest absolute Gasteiger partial charge is 1.00 e. The van der Waals surface area contributed by atoms with Crippen molar-refractivity contribution in [3.8, 4) is 0 Å². The van der Waals surface area contributed by atoms with Gasteiger partial charge in [-0.3, -0.25) is 0 Å². The predicted molar refractivity (Wildman–Crippen MR) is 46.3 cm³/mol. The standard InChI is InChI=1S/C8H8O4S.K/c9-13(10,11)12-7-6-8-4-2-1-3-5-8;/h1-7H,(H,9,10,11);/q;+1/p-1. The van der Waals surface area contributed by atoms with Gasteiger partial charge in [-0.25, -0.2) is 8.42 Å². The molecule has 0 spiro atoms. The van der Waals surface area contributed by atoms with Gasteiger partial charge in [0.2, 0.25) is 0 Å². The normalized spacial score (nSPS) is 10.9. The maximum absolute atomic E-state index is 9.99. The van der Waals surface area contributed by atoms with Crippen LogP contribution >= 0.6 is 0 Å². The maximum atomic E-state index is 9.99. The first-order valence-corrected chi connectivity index (χ1v) is 4.77. The molecule has 0 amide bonds. The molecular formula is C8H7KO4S. The zero-order valence-corrected chi connectivity index (χ0v) is 11.5. The molecule has 4 nitrogen and oxygen atoms in total. The number of rotatable bonds is 3. The molecule has 70 valence electrons. The summed E-state index contributed by atoms with van der Waals surface area (Å²) in [5.74, 6) is 0. The predicted octanol–water partition coefficient (Wildman–Crippen LogP) is -1.86. The molecule has 0 aliphatic carbocycles. The quantitative estimate of drug-likeness (QED) is 0.268. The average Bonchev–Trinajstić information content (AvgIpc) is 2.04. The van der Waals surface area contributed by atoms with Crippen LogP contribution in [0.5, 0.6) is 0 Å². The third-order valence-electron chi connectivity index (χ3n) is 1.23. The Hall–Kier alpha value is 0.306. The smallest absolute Gasteiger partial charge is 0.716 e. The summed E-state index contributed by atoms with van der Waals surface area (Å²) in [5, 5.41) is 0. The molecule has 0 atom stereocenters. The number of benzene rings is 1. The van der Waals surface area contributed by atoms with Gasteiger partial charge in [-0.1, -0.05) is 30.3 Å². The monoisotopic (exact) mass is 238 g/mol. The first kappa shape index (κ1) is 14.3. The van der Waals surface area contributed by atoms with Crippen molar-refractivity contribution < 1.29 is 68.5 Å². The molecule has 0 aliphatic rings. The van der Waals surface area contributed by atoms with Crippen LogP contribution in [0.2, 0.25) is 0 Å². The third-order valence-corrected chi connectivity index (χ3v) is 1.58. The second kappa shape index (κ2) is 6.73. The molecule has 0 fully saturated rings. The van der Waals surface area contributed by atoms with Gasteiger partial charge in [0.25, 0.3) is 10.4 Å². The number of hydrogen-bond acceptors (Lipinski definition) is 4. The zero-order valence-electron chi connectivity index (χ0n) is 7.58. The van der Waals surface area contributed by atoms with Crippen LogP contribution in [0.3, 0.4) is 0 Å². The first-order chi connectivity index (χ1) is 6.08. The maximum Gasteiger partial charge on any atom is 1.00 e. The summed E-state index contributed by atoms with van der Waals surface area (Å²) in [4.78, 5) is 0. The van der Waals surface area contributed by atoms with E-state index in [4.69, 9.17) is 0 Å². The Morgan fingerprint density at radius 2 is 1.79 bits per heavy atom. The second-order valence-electron chi connectivity index (χ2n) is 2.22. The van der Waals surface area contributed by atoms with Crippen LogP contribution in [0.1, 0.15) is 5.56 Å². The van der Waals surface area contributed by atoms with Gasteiger partial charge in [0.1, 0.15) is 6.26 Å². The van der Waals surface area contributed by atoms with Gasteiger partial charge in [-0.2, -0.15) is 0 Å². The Morgan fingerprint density at radius 1 is 1.21 bits per heavy atom. The first-order valence-electron chi connectivity index (χ1n) is 3.44. The van der Waals surface area contributed by atoms with E-state index in [0.717, 1.165) is 11.8 Å². The van der Waals surface area contributed by atoms with Crippen LogP contribution in [-0.2, 0) is 14.6 Å². The molecule has 0 saturated carbocycles. The van der Waals surface area contributed by atoms with Crippen LogP contribution in [-0.4, -0.2) is 13.0 Å². The SMILES string of the molecule is O=S(=O)([O-])OC=Cc1ccccc1.[K+]. The van der Waals surface area contributed by atoms with Gasteiger partial charge >= 0.3 is 51.4 Å². The fourth-order valence-electron chi connectivity index (χ4n) is 0.739. The van der Waals surface area contributed by atoms with E-state index in [9.17, 15) is 13.0 Å². The van der Waals surface area contributed by atoms with E-state index in [0.29, 0.717) is 0 Å². The summed E-state index contributed by atoms with van der Waals surface area (Å²) < 4.78 is 33.8. The molecular weight excluding hydrogens is 231 g/mol. The van der Waals surface area contributed by atoms with Gasteiger partial charge in [0.15, 0.2) is 0 Å². The van der Waals surface area contributed by atoms with Crippen LogP contribution in [0.15, 0.2) is 36.6 Å². The Morgan fingerprint density at radius 3 is 2.29 bits per heavy atom. The van der Waals surface area contributed by atoms with Gasteiger partial charge in [0.05, 0.1) is 0 Å². The van der Waals surface area contributed by atoms with Crippen molar-refractivity contribution in [3.05, 3.63) is 42.2 Å². The summed E-state index contributed by atoms with van der Waals surface area (Å²) in [7, 11) is -4.63. The molecule has 1 rings (SSSR count). The minimum absolute atomic E-state index is 0. The van der Waals surface area contributed by atoms with Crippen molar-refractivity contribution in [1.29, 1.82) is 0 Å². The molecule has 0 N–H and O–H groups in total. The fraction of sp³-hybridized carbons (Fsp3) is 0. The van der Waals surface area contributed by atoms with E-state index in [-0.39, 0.29) is 51.4 Å². The minimum atomic E-state index is -4.63. The van der Waals surface area contributed by atoms with Crippen molar-refractivity contribution in [3.63, 3.8) is 0 Å². The molecule has 14 heavy (non-hydrogen) atoms. The van der Waals surface area contributed by atoms with E-state index in [1.165, 1.54) is 6.08 Å². The van der Waals surface area contributed by atoms with Gasteiger partial charge < -0.3 is 8.74 Å².